The number of benzene rings is 2. The summed E-state index contributed by atoms with van der Waals surface area (Å²) < 4.78 is 23.5. The van der Waals surface area contributed by atoms with Gasteiger partial charge in [0.1, 0.15) is 17.3 Å². The summed E-state index contributed by atoms with van der Waals surface area (Å²) in [6, 6.07) is 12.6. The van der Waals surface area contributed by atoms with Crippen molar-refractivity contribution in [2.24, 2.45) is 0 Å². The minimum atomic E-state index is -0.347. The smallest absolute Gasteiger partial charge is 0.262 e. The molecule has 0 aliphatic rings. The average Bonchev–Trinajstić information content (AvgIpc) is 2.48. The van der Waals surface area contributed by atoms with Gasteiger partial charge >= 0.3 is 0 Å². The summed E-state index contributed by atoms with van der Waals surface area (Å²) in [5.74, 6) is 0.551. The lowest BCUT2D eigenvalue weighted by molar-refractivity contribution is -0.118. The molecule has 0 bridgehead atoms. The Hall–Kier alpha value is -2.56. The Morgan fingerprint density at radius 1 is 1.05 bits per heavy atom. The van der Waals surface area contributed by atoms with Crippen LogP contribution < -0.4 is 14.8 Å². The Morgan fingerprint density at radius 2 is 1.64 bits per heavy atom. The minimum absolute atomic E-state index is 0.101. The third-order valence-electron chi connectivity index (χ3n) is 2.69. The number of carbonyl (C=O) groups excluding carboxylic acids is 1. The molecule has 116 valence electrons. The average molecular weight is 303 g/mol. The van der Waals surface area contributed by atoms with Gasteiger partial charge in [0.2, 0.25) is 0 Å². The van der Waals surface area contributed by atoms with E-state index in [1.54, 1.807) is 24.3 Å². The molecule has 2 rings (SSSR count). The fraction of sp³-hybridized carbons (Fsp3) is 0.235. The fourth-order valence-electron chi connectivity index (χ4n) is 1.77. The first-order valence-electron chi connectivity index (χ1n) is 6.98. The zero-order chi connectivity index (χ0) is 15.9. The van der Waals surface area contributed by atoms with Gasteiger partial charge in [-0.25, -0.2) is 4.39 Å². The monoisotopic (exact) mass is 303 g/mol. The third-order valence-corrected chi connectivity index (χ3v) is 2.69. The van der Waals surface area contributed by atoms with E-state index >= 15 is 0 Å². The van der Waals surface area contributed by atoms with E-state index in [4.69, 9.17) is 9.47 Å². The molecule has 0 spiro atoms. The molecule has 0 fully saturated rings. The summed E-state index contributed by atoms with van der Waals surface area (Å²) in [6.07, 6.45) is 0.101. The fourth-order valence-corrected chi connectivity index (χ4v) is 1.77. The van der Waals surface area contributed by atoms with Gasteiger partial charge in [-0.1, -0.05) is 0 Å². The van der Waals surface area contributed by atoms with Crippen molar-refractivity contribution in [2.45, 2.75) is 20.0 Å². The van der Waals surface area contributed by atoms with E-state index in [-0.39, 0.29) is 24.4 Å². The van der Waals surface area contributed by atoms with Crippen molar-refractivity contribution in [3.8, 4) is 11.5 Å². The van der Waals surface area contributed by atoms with Crippen molar-refractivity contribution in [1.82, 2.24) is 0 Å². The first-order valence-corrected chi connectivity index (χ1v) is 6.98. The first-order chi connectivity index (χ1) is 10.5. The number of nitrogens with one attached hydrogen (secondary N) is 1. The quantitative estimate of drug-likeness (QED) is 0.886. The third kappa shape index (κ3) is 5.09. The molecule has 0 radical (unpaired) electrons. The number of rotatable bonds is 6. The number of halogens is 1. The molecule has 0 aromatic heterocycles. The van der Waals surface area contributed by atoms with Crippen molar-refractivity contribution < 1.29 is 18.7 Å². The van der Waals surface area contributed by atoms with Crippen molar-refractivity contribution in [3.63, 3.8) is 0 Å². The van der Waals surface area contributed by atoms with E-state index in [0.717, 1.165) is 5.75 Å². The molecule has 2 aromatic rings. The predicted molar refractivity (Wildman–Crippen MR) is 82.7 cm³/mol. The summed E-state index contributed by atoms with van der Waals surface area (Å²) in [5.41, 5.74) is 0.656. The molecular weight excluding hydrogens is 285 g/mol. The summed E-state index contributed by atoms with van der Waals surface area (Å²) >= 11 is 0. The number of hydrogen-bond acceptors (Lipinski definition) is 3. The summed E-state index contributed by atoms with van der Waals surface area (Å²) in [6.45, 7) is 3.75. The highest BCUT2D eigenvalue weighted by Crippen LogP contribution is 2.17. The van der Waals surface area contributed by atoms with Crippen LogP contribution in [0.4, 0.5) is 10.1 Å². The second kappa shape index (κ2) is 7.45. The Kier molecular flexibility index (Phi) is 5.36. The molecule has 0 saturated carbocycles. The molecule has 2 aromatic carbocycles. The number of amides is 1. The van der Waals surface area contributed by atoms with Crippen molar-refractivity contribution >= 4 is 11.6 Å². The van der Waals surface area contributed by atoms with Crippen molar-refractivity contribution in [1.29, 1.82) is 0 Å². The van der Waals surface area contributed by atoms with Crippen LogP contribution in [0.1, 0.15) is 13.8 Å². The van der Waals surface area contributed by atoms with Gasteiger partial charge in [-0.15, -0.1) is 0 Å². The zero-order valence-electron chi connectivity index (χ0n) is 12.5. The van der Waals surface area contributed by atoms with Gasteiger partial charge in [-0.3, -0.25) is 4.79 Å². The maximum atomic E-state index is 12.7. The number of anilines is 1. The van der Waals surface area contributed by atoms with Crippen LogP contribution >= 0.6 is 0 Å². The normalized spacial score (nSPS) is 10.4. The summed E-state index contributed by atoms with van der Waals surface area (Å²) in [7, 11) is 0. The Bertz CT molecular complexity index is 609. The zero-order valence-corrected chi connectivity index (χ0v) is 12.5. The van der Waals surface area contributed by atoms with Crippen LogP contribution in [0.5, 0.6) is 11.5 Å². The molecule has 0 aliphatic carbocycles. The minimum Gasteiger partial charge on any atom is -0.491 e. The lowest BCUT2D eigenvalue weighted by atomic mass is 10.3. The molecule has 4 nitrogen and oxygen atoms in total. The van der Waals surface area contributed by atoms with Crippen molar-refractivity contribution in [2.75, 3.05) is 11.9 Å². The van der Waals surface area contributed by atoms with E-state index in [2.05, 4.69) is 5.32 Å². The summed E-state index contributed by atoms with van der Waals surface area (Å²) in [5, 5.41) is 2.71. The van der Waals surface area contributed by atoms with Crippen LogP contribution in [0.3, 0.4) is 0 Å². The molecule has 5 heteroatoms. The number of hydrogen-bond donors (Lipinski definition) is 1. The highest BCUT2D eigenvalue weighted by molar-refractivity contribution is 5.91. The molecule has 0 unspecified atom stereocenters. The second-order valence-electron chi connectivity index (χ2n) is 4.98. The van der Waals surface area contributed by atoms with Crippen molar-refractivity contribution in [3.05, 3.63) is 54.3 Å². The second-order valence-corrected chi connectivity index (χ2v) is 4.98. The SMILES string of the molecule is CC(C)Oc1ccc(NC(=O)COc2ccc(F)cc2)cc1. The predicted octanol–water partition coefficient (Wildman–Crippen LogP) is 3.63. The van der Waals surface area contributed by atoms with Crippen LogP contribution in [0.15, 0.2) is 48.5 Å². The Balaban J connectivity index is 1.82. The topological polar surface area (TPSA) is 47.6 Å². The van der Waals surface area contributed by atoms with Crippen LogP contribution in [-0.2, 0) is 4.79 Å². The van der Waals surface area contributed by atoms with Crippen LogP contribution in [0.2, 0.25) is 0 Å². The van der Waals surface area contributed by atoms with Gasteiger partial charge in [0.25, 0.3) is 5.91 Å². The molecule has 0 aliphatic heterocycles. The maximum absolute atomic E-state index is 12.7. The number of carbonyl (C=O) groups is 1. The Morgan fingerprint density at radius 3 is 2.23 bits per heavy atom. The molecule has 22 heavy (non-hydrogen) atoms. The molecular formula is C17H18FNO3. The van der Waals surface area contributed by atoms with Crippen LogP contribution in [-0.4, -0.2) is 18.6 Å². The van der Waals surface area contributed by atoms with Crippen LogP contribution in [0.25, 0.3) is 0 Å². The van der Waals surface area contributed by atoms with Gasteiger partial charge in [-0.05, 0) is 62.4 Å². The lowest BCUT2D eigenvalue weighted by Crippen LogP contribution is -2.20. The van der Waals surface area contributed by atoms with Gasteiger partial charge in [0.15, 0.2) is 6.61 Å². The molecule has 1 amide bonds. The van der Waals surface area contributed by atoms with Gasteiger partial charge in [0, 0.05) is 5.69 Å². The van der Waals surface area contributed by atoms with E-state index in [1.165, 1.54) is 24.3 Å². The van der Waals surface area contributed by atoms with E-state index in [1.807, 2.05) is 13.8 Å². The van der Waals surface area contributed by atoms with Gasteiger partial charge in [0.05, 0.1) is 6.10 Å². The number of ether oxygens (including phenoxy) is 2. The summed E-state index contributed by atoms with van der Waals surface area (Å²) in [4.78, 5) is 11.8. The lowest BCUT2D eigenvalue weighted by Gasteiger charge is -2.11. The molecule has 0 atom stereocenters. The first kappa shape index (κ1) is 15.8. The molecule has 0 saturated heterocycles. The van der Waals surface area contributed by atoms with Gasteiger partial charge in [-0.2, -0.15) is 0 Å². The Labute approximate surface area is 128 Å². The highest BCUT2D eigenvalue weighted by Gasteiger charge is 2.05. The molecule has 1 N–H and O–H groups in total. The standard InChI is InChI=1S/C17H18FNO3/c1-12(2)22-16-9-5-14(6-10-16)19-17(20)11-21-15-7-3-13(18)4-8-15/h3-10,12H,11H2,1-2H3,(H,19,20). The van der Waals surface area contributed by atoms with E-state index in [0.29, 0.717) is 11.4 Å². The van der Waals surface area contributed by atoms with E-state index in [9.17, 15) is 9.18 Å². The molecule has 0 heterocycles. The van der Waals surface area contributed by atoms with Crippen LogP contribution in [0, 0.1) is 5.82 Å². The highest BCUT2D eigenvalue weighted by atomic mass is 19.1. The maximum Gasteiger partial charge on any atom is 0.262 e. The van der Waals surface area contributed by atoms with E-state index < -0.39 is 0 Å². The largest absolute Gasteiger partial charge is 0.491 e. The van der Waals surface area contributed by atoms with Gasteiger partial charge < -0.3 is 14.8 Å².